The van der Waals surface area contributed by atoms with E-state index in [0.717, 1.165) is 33.2 Å². The number of rotatable bonds is 7. The molecule has 0 saturated carbocycles. The number of amides is 1. The molecule has 0 fully saturated rings. The number of ether oxygens (including phenoxy) is 1. The maximum absolute atomic E-state index is 11.1. The third kappa shape index (κ3) is 6.01. The Morgan fingerprint density at radius 2 is 2.00 bits per heavy atom. The number of pyridine rings is 1. The first-order valence-corrected chi connectivity index (χ1v) is 9.77. The van der Waals surface area contributed by atoms with Crippen LogP contribution in [-0.4, -0.2) is 10.9 Å². The number of thioether (sulfide) groups is 1. The third-order valence-electron chi connectivity index (χ3n) is 3.71. The summed E-state index contributed by atoms with van der Waals surface area (Å²) in [5.41, 5.74) is 2.83. The van der Waals surface area contributed by atoms with Crippen LogP contribution in [0.25, 0.3) is 0 Å². The number of hydrogen-bond acceptors (Lipinski definition) is 4. The molecule has 0 aliphatic carbocycles. The van der Waals surface area contributed by atoms with Crippen LogP contribution < -0.4 is 10.1 Å². The number of anilines is 1. The average Bonchev–Trinajstić information content (AvgIpc) is 2.67. The number of aromatic nitrogens is 1. The number of hydrogen-bond donors (Lipinski definition) is 1. The fraction of sp³-hybridized carbons (Fsp3) is 0.143. The van der Waals surface area contributed by atoms with Crippen molar-refractivity contribution in [3.05, 3.63) is 83.1 Å². The number of nitrogens with one attached hydrogen (secondary N) is 1. The van der Waals surface area contributed by atoms with Crippen LogP contribution in [0.3, 0.4) is 0 Å². The number of benzene rings is 2. The smallest absolute Gasteiger partial charge is 0.221 e. The Bertz CT molecular complexity index is 902. The van der Waals surface area contributed by atoms with Crippen LogP contribution in [0.2, 0.25) is 5.02 Å². The van der Waals surface area contributed by atoms with E-state index in [-0.39, 0.29) is 5.91 Å². The van der Waals surface area contributed by atoms with Crippen molar-refractivity contribution in [1.82, 2.24) is 4.98 Å². The van der Waals surface area contributed by atoms with Gasteiger partial charge in [0.15, 0.2) is 0 Å². The van der Waals surface area contributed by atoms with Gasteiger partial charge in [0.1, 0.15) is 12.4 Å². The Balaban J connectivity index is 1.65. The van der Waals surface area contributed by atoms with Crippen LogP contribution >= 0.6 is 23.4 Å². The minimum absolute atomic E-state index is 0.0789. The highest BCUT2D eigenvalue weighted by Crippen LogP contribution is 2.31. The molecule has 2 aromatic carbocycles. The monoisotopic (exact) mass is 398 g/mol. The fourth-order valence-electron chi connectivity index (χ4n) is 2.45. The minimum Gasteiger partial charge on any atom is -0.489 e. The normalized spacial score (nSPS) is 10.4. The van der Waals surface area contributed by atoms with Crippen molar-refractivity contribution in [3.8, 4) is 5.75 Å². The van der Waals surface area contributed by atoms with E-state index in [1.54, 1.807) is 24.2 Å². The maximum atomic E-state index is 11.1. The summed E-state index contributed by atoms with van der Waals surface area (Å²) >= 11 is 7.85. The van der Waals surface area contributed by atoms with Crippen LogP contribution in [0, 0.1) is 0 Å². The second-order valence-corrected chi connectivity index (χ2v) is 7.38. The zero-order chi connectivity index (χ0) is 19.1. The van der Waals surface area contributed by atoms with E-state index < -0.39 is 0 Å². The number of nitrogens with zero attached hydrogens (tertiary/aromatic N) is 1. The molecule has 3 rings (SSSR count). The lowest BCUT2D eigenvalue weighted by molar-refractivity contribution is -0.114. The molecule has 6 heteroatoms. The number of carbonyl (C=O) groups excluding carboxylic acids is 1. The SMILES string of the molecule is CC(=O)Nc1ccc(SCc2cc(Cl)ccc2OCc2cccnc2)cc1. The molecule has 0 radical (unpaired) electrons. The highest BCUT2D eigenvalue weighted by molar-refractivity contribution is 7.98. The van der Waals surface area contributed by atoms with Gasteiger partial charge in [-0.25, -0.2) is 0 Å². The largest absolute Gasteiger partial charge is 0.489 e. The number of carbonyl (C=O) groups is 1. The molecule has 0 saturated heterocycles. The Hall–Kier alpha value is -2.50. The van der Waals surface area contributed by atoms with Gasteiger partial charge < -0.3 is 10.1 Å². The van der Waals surface area contributed by atoms with Gasteiger partial charge in [0.25, 0.3) is 0 Å². The molecule has 4 nitrogen and oxygen atoms in total. The van der Waals surface area contributed by atoms with E-state index in [0.29, 0.717) is 11.6 Å². The number of halogens is 1. The predicted octanol–water partition coefficient (Wildman–Crippen LogP) is 5.56. The van der Waals surface area contributed by atoms with Crippen molar-refractivity contribution >= 4 is 35.0 Å². The first kappa shape index (κ1) is 19.3. The van der Waals surface area contributed by atoms with Crippen LogP contribution in [0.1, 0.15) is 18.1 Å². The molecule has 0 atom stereocenters. The topological polar surface area (TPSA) is 51.2 Å². The molecule has 0 aliphatic rings. The summed E-state index contributed by atoms with van der Waals surface area (Å²) in [5.74, 6) is 1.46. The molecule has 0 aliphatic heterocycles. The van der Waals surface area contributed by atoms with E-state index in [4.69, 9.17) is 16.3 Å². The van der Waals surface area contributed by atoms with Gasteiger partial charge in [-0.2, -0.15) is 0 Å². The first-order valence-electron chi connectivity index (χ1n) is 8.41. The van der Waals surface area contributed by atoms with E-state index >= 15 is 0 Å². The van der Waals surface area contributed by atoms with Gasteiger partial charge in [-0.3, -0.25) is 9.78 Å². The second kappa shape index (κ2) is 9.44. The molecule has 1 aromatic heterocycles. The Labute approximate surface area is 167 Å². The van der Waals surface area contributed by atoms with Crippen molar-refractivity contribution in [3.63, 3.8) is 0 Å². The zero-order valence-electron chi connectivity index (χ0n) is 14.8. The lowest BCUT2D eigenvalue weighted by atomic mass is 10.2. The second-order valence-electron chi connectivity index (χ2n) is 5.90. The molecule has 138 valence electrons. The standard InChI is InChI=1S/C21H19ClN2O2S/c1-15(25)24-19-5-7-20(8-6-19)27-14-17-11-18(22)4-9-21(17)26-13-16-3-2-10-23-12-16/h2-12H,13-14H2,1H3,(H,24,25). The molecular weight excluding hydrogens is 380 g/mol. The van der Waals surface area contributed by atoms with Crippen LogP contribution in [0.4, 0.5) is 5.69 Å². The lowest BCUT2D eigenvalue weighted by Crippen LogP contribution is -2.05. The summed E-state index contributed by atoms with van der Waals surface area (Å²) in [6.45, 7) is 1.95. The summed E-state index contributed by atoms with van der Waals surface area (Å²) < 4.78 is 5.97. The van der Waals surface area contributed by atoms with Gasteiger partial charge in [-0.05, 0) is 48.5 Å². The van der Waals surface area contributed by atoms with Crippen molar-refractivity contribution in [2.45, 2.75) is 24.2 Å². The van der Waals surface area contributed by atoms with Crippen LogP contribution in [0.15, 0.2) is 71.9 Å². The molecular formula is C21H19ClN2O2S. The Morgan fingerprint density at radius 3 is 2.70 bits per heavy atom. The molecule has 27 heavy (non-hydrogen) atoms. The minimum atomic E-state index is -0.0789. The van der Waals surface area contributed by atoms with Crippen molar-refractivity contribution in [1.29, 1.82) is 0 Å². The molecule has 1 N–H and O–H groups in total. The third-order valence-corrected chi connectivity index (χ3v) is 5.00. The van der Waals surface area contributed by atoms with Crippen molar-refractivity contribution in [2.75, 3.05) is 5.32 Å². The summed E-state index contributed by atoms with van der Waals surface area (Å²) in [7, 11) is 0. The molecule has 1 heterocycles. The van der Waals surface area contributed by atoms with E-state index in [2.05, 4.69) is 10.3 Å². The summed E-state index contributed by atoms with van der Waals surface area (Å²) in [5, 5.41) is 3.44. The average molecular weight is 399 g/mol. The van der Waals surface area contributed by atoms with Crippen LogP contribution in [-0.2, 0) is 17.2 Å². The molecule has 1 amide bonds. The van der Waals surface area contributed by atoms with E-state index in [1.165, 1.54) is 6.92 Å². The summed E-state index contributed by atoms with van der Waals surface area (Å²) in [4.78, 5) is 16.3. The van der Waals surface area contributed by atoms with Crippen molar-refractivity contribution < 1.29 is 9.53 Å². The quantitative estimate of drug-likeness (QED) is 0.529. The van der Waals surface area contributed by atoms with Crippen molar-refractivity contribution in [2.24, 2.45) is 0 Å². The van der Waals surface area contributed by atoms with Gasteiger partial charge in [-0.1, -0.05) is 17.7 Å². The predicted molar refractivity (Wildman–Crippen MR) is 110 cm³/mol. The van der Waals surface area contributed by atoms with Gasteiger partial charge in [0.2, 0.25) is 5.91 Å². The fourth-order valence-corrected chi connectivity index (χ4v) is 3.52. The highest BCUT2D eigenvalue weighted by atomic mass is 35.5. The molecule has 3 aromatic rings. The summed E-state index contributed by atoms with van der Waals surface area (Å²) in [6, 6.07) is 17.3. The lowest BCUT2D eigenvalue weighted by Gasteiger charge is -2.12. The first-order chi connectivity index (χ1) is 13.1. The maximum Gasteiger partial charge on any atom is 0.221 e. The van der Waals surface area contributed by atoms with Crippen LogP contribution in [0.5, 0.6) is 5.75 Å². The zero-order valence-corrected chi connectivity index (χ0v) is 16.4. The Kier molecular flexibility index (Phi) is 6.74. The molecule has 0 unspecified atom stereocenters. The van der Waals surface area contributed by atoms with Gasteiger partial charge in [-0.15, -0.1) is 11.8 Å². The summed E-state index contributed by atoms with van der Waals surface area (Å²) in [6.07, 6.45) is 3.53. The molecule has 0 bridgehead atoms. The van der Waals surface area contributed by atoms with Gasteiger partial charge in [0, 0.05) is 51.8 Å². The molecule has 0 spiro atoms. The van der Waals surface area contributed by atoms with E-state index in [9.17, 15) is 4.79 Å². The van der Waals surface area contributed by atoms with Gasteiger partial charge >= 0.3 is 0 Å². The van der Waals surface area contributed by atoms with E-state index in [1.807, 2.05) is 54.6 Å². The Morgan fingerprint density at radius 1 is 1.19 bits per heavy atom. The highest BCUT2D eigenvalue weighted by Gasteiger charge is 2.07. The van der Waals surface area contributed by atoms with Gasteiger partial charge in [0.05, 0.1) is 0 Å².